The van der Waals surface area contributed by atoms with Crippen LogP contribution in [-0.4, -0.2) is 5.78 Å². The van der Waals surface area contributed by atoms with Crippen LogP contribution in [0, 0.1) is 5.92 Å². The number of unbranched alkanes of at least 4 members (excludes halogenated alkanes) is 2. The van der Waals surface area contributed by atoms with E-state index in [1.807, 2.05) is 0 Å². The zero-order chi connectivity index (χ0) is 13.8. The Kier molecular flexibility index (Phi) is 11.1. The van der Waals surface area contributed by atoms with E-state index in [1.165, 1.54) is 50.5 Å². The molecule has 0 bridgehead atoms. The van der Waals surface area contributed by atoms with Crippen LogP contribution in [0.3, 0.4) is 0 Å². The largest absolute Gasteiger partial charge is 0.300 e. The molecule has 0 spiro atoms. The minimum absolute atomic E-state index is 0.295. The minimum atomic E-state index is 0.295. The summed E-state index contributed by atoms with van der Waals surface area (Å²) in [5, 5.41) is 0. The lowest BCUT2D eigenvalue weighted by Gasteiger charge is -2.09. The Hall–Kier alpha value is -0.590. The van der Waals surface area contributed by atoms with Crippen molar-refractivity contribution in [3.63, 3.8) is 0 Å². The fraction of sp³-hybridized carbons (Fsp3) is 0.824. The van der Waals surface area contributed by atoms with Gasteiger partial charge in [0, 0.05) is 6.42 Å². The van der Waals surface area contributed by atoms with Gasteiger partial charge in [0.2, 0.25) is 0 Å². The van der Waals surface area contributed by atoms with Crippen molar-refractivity contribution in [2.24, 2.45) is 5.92 Å². The highest BCUT2D eigenvalue weighted by Crippen LogP contribution is 2.16. The third kappa shape index (κ3) is 11.9. The molecule has 0 fully saturated rings. The predicted octanol–water partition coefficient (Wildman–Crippen LogP) is 5.69. The van der Waals surface area contributed by atoms with E-state index in [4.69, 9.17) is 0 Å². The van der Waals surface area contributed by atoms with Gasteiger partial charge in [-0.2, -0.15) is 0 Å². The van der Waals surface area contributed by atoms with Crippen molar-refractivity contribution in [1.82, 2.24) is 0 Å². The SMILES string of the molecule is CCCC(C)CCCCC/C(C)=C/CCC(C)=O. The van der Waals surface area contributed by atoms with E-state index in [0.717, 1.165) is 12.3 Å². The van der Waals surface area contributed by atoms with Crippen molar-refractivity contribution < 1.29 is 4.79 Å². The number of carbonyl (C=O) groups is 1. The summed E-state index contributed by atoms with van der Waals surface area (Å²) in [5.74, 6) is 1.20. The molecule has 1 unspecified atom stereocenters. The second kappa shape index (κ2) is 11.5. The molecule has 1 heteroatoms. The molecule has 0 saturated carbocycles. The van der Waals surface area contributed by atoms with Crippen molar-refractivity contribution in [3.05, 3.63) is 11.6 Å². The molecule has 0 N–H and O–H groups in total. The monoisotopic (exact) mass is 252 g/mol. The van der Waals surface area contributed by atoms with Gasteiger partial charge < -0.3 is 4.79 Å². The van der Waals surface area contributed by atoms with Gasteiger partial charge in [-0.3, -0.25) is 0 Å². The lowest BCUT2D eigenvalue weighted by molar-refractivity contribution is -0.116. The van der Waals surface area contributed by atoms with Crippen molar-refractivity contribution in [3.8, 4) is 0 Å². The number of hydrogen-bond donors (Lipinski definition) is 0. The van der Waals surface area contributed by atoms with Gasteiger partial charge in [0.05, 0.1) is 0 Å². The molecule has 0 saturated heterocycles. The highest BCUT2D eigenvalue weighted by atomic mass is 16.1. The molecule has 0 radical (unpaired) electrons. The molecule has 1 nitrogen and oxygen atoms in total. The number of rotatable bonds is 11. The summed E-state index contributed by atoms with van der Waals surface area (Å²) in [7, 11) is 0. The Morgan fingerprint density at radius 3 is 2.39 bits per heavy atom. The average molecular weight is 252 g/mol. The van der Waals surface area contributed by atoms with Crippen molar-refractivity contribution in [2.45, 2.75) is 85.5 Å². The summed E-state index contributed by atoms with van der Waals surface area (Å²) in [5.41, 5.74) is 1.46. The lowest BCUT2D eigenvalue weighted by atomic mass is 9.97. The zero-order valence-corrected chi connectivity index (χ0v) is 12.9. The third-order valence-electron chi connectivity index (χ3n) is 3.54. The van der Waals surface area contributed by atoms with Crippen LogP contribution >= 0.6 is 0 Å². The highest BCUT2D eigenvalue weighted by Gasteiger charge is 2.00. The summed E-state index contributed by atoms with van der Waals surface area (Å²) >= 11 is 0. The number of ketones is 1. The van der Waals surface area contributed by atoms with Gasteiger partial charge in [0.25, 0.3) is 0 Å². The number of carbonyl (C=O) groups excluding carboxylic acids is 1. The Balaban J connectivity index is 3.45. The van der Waals surface area contributed by atoms with Crippen LogP contribution in [0.5, 0.6) is 0 Å². The van der Waals surface area contributed by atoms with Crippen LogP contribution < -0.4 is 0 Å². The van der Waals surface area contributed by atoms with E-state index in [-0.39, 0.29) is 0 Å². The van der Waals surface area contributed by atoms with E-state index in [1.54, 1.807) is 6.92 Å². The van der Waals surface area contributed by atoms with Crippen molar-refractivity contribution in [1.29, 1.82) is 0 Å². The summed E-state index contributed by atoms with van der Waals surface area (Å²) in [6.45, 7) is 8.50. The van der Waals surface area contributed by atoms with Gasteiger partial charge >= 0.3 is 0 Å². The molecule has 0 aliphatic carbocycles. The van der Waals surface area contributed by atoms with Crippen molar-refractivity contribution in [2.75, 3.05) is 0 Å². The molecule has 0 aromatic carbocycles. The molecular formula is C17H32O. The maximum Gasteiger partial charge on any atom is 0.130 e. The highest BCUT2D eigenvalue weighted by molar-refractivity contribution is 5.75. The Labute approximate surface area is 114 Å². The van der Waals surface area contributed by atoms with Gasteiger partial charge in [-0.15, -0.1) is 0 Å². The minimum Gasteiger partial charge on any atom is -0.300 e. The molecular weight excluding hydrogens is 220 g/mol. The summed E-state index contributed by atoms with van der Waals surface area (Å²) in [4.78, 5) is 10.8. The molecule has 0 aromatic rings. The first-order valence-electron chi connectivity index (χ1n) is 7.71. The normalized spacial score (nSPS) is 13.7. The summed E-state index contributed by atoms with van der Waals surface area (Å²) in [6.07, 6.45) is 13.2. The molecule has 0 amide bonds. The molecule has 0 aromatic heterocycles. The second-order valence-corrected chi connectivity index (χ2v) is 5.78. The quantitative estimate of drug-likeness (QED) is 0.341. The molecule has 0 rings (SSSR count). The van der Waals surface area contributed by atoms with E-state index < -0.39 is 0 Å². The molecule has 0 aliphatic heterocycles. The van der Waals surface area contributed by atoms with Crippen LogP contribution in [0.1, 0.15) is 85.5 Å². The van der Waals surface area contributed by atoms with Crippen LogP contribution in [0.2, 0.25) is 0 Å². The number of allylic oxidation sites excluding steroid dienone is 2. The molecule has 18 heavy (non-hydrogen) atoms. The van der Waals surface area contributed by atoms with E-state index in [2.05, 4.69) is 26.8 Å². The fourth-order valence-electron chi connectivity index (χ4n) is 2.33. The van der Waals surface area contributed by atoms with Crippen LogP contribution in [0.15, 0.2) is 11.6 Å². The maximum atomic E-state index is 10.8. The first-order chi connectivity index (χ1) is 8.56. The summed E-state index contributed by atoms with van der Waals surface area (Å²) in [6, 6.07) is 0. The smallest absolute Gasteiger partial charge is 0.130 e. The van der Waals surface area contributed by atoms with Crippen LogP contribution in [0.4, 0.5) is 0 Å². The van der Waals surface area contributed by atoms with E-state index in [0.29, 0.717) is 12.2 Å². The Morgan fingerprint density at radius 1 is 1.06 bits per heavy atom. The molecule has 0 aliphatic rings. The number of Topliss-reactive ketones (excluding diaryl/α,β-unsaturated/α-hetero) is 1. The van der Waals surface area contributed by atoms with Gasteiger partial charge in [0.1, 0.15) is 5.78 Å². The zero-order valence-electron chi connectivity index (χ0n) is 12.9. The van der Waals surface area contributed by atoms with Crippen LogP contribution in [0.25, 0.3) is 0 Å². The first kappa shape index (κ1) is 17.4. The van der Waals surface area contributed by atoms with E-state index in [9.17, 15) is 4.79 Å². The average Bonchev–Trinajstić information content (AvgIpc) is 2.28. The van der Waals surface area contributed by atoms with Gasteiger partial charge in [-0.1, -0.05) is 57.6 Å². The fourth-order valence-corrected chi connectivity index (χ4v) is 2.33. The predicted molar refractivity (Wildman–Crippen MR) is 80.8 cm³/mol. The molecule has 106 valence electrons. The van der Waals surface area contributed by atoms with E-state index >= 15 is 0 Å². The van der Waals surface area contributed by atoms with Gasteiger partial charge in [-0.25, -0.2) is 0 Å². The Bertz CT molecular complexity index is 240. The summed E-state index contributed by atoms with van der Waals surface area (Å²) < 4.78 is 0. The topological polar surface area (TPSA) is 17.1 Å². The van der Waals surface area contributed by atoms with Gasteiger partial charge in [-0.05, 0) is 39.0 Å². The van der Waals surface area contributed by atoms with Gasteiger partial charge in [0.15, 0.2) is 0 Å². The third-order valence-corrected chi connectivity index (χ3v) is 3.54. The molecule has 1 atom stereocenters. The van der Waals surface area contributed by atoms with Crippen LogP contribution in [-0.2, 0) is 4.79 Å². The standard InChI is InChI=1S/C17H32O/c1-5-10-15(2)11-7-6-8-12-16(3)13-9-14-17(4)18/h13,15H,5-12,14H2,1-4H3/b16-13+. The van der Waals surface area contributed by atoms with Crippen molar-refractivity contribution >= 4 is 5.78 Å². The second-order valence-electron chi connectivity index (χ2n) is 5.78. The maximum absolute atomic E-state index is 10.8. The molecule has 0 heterocycles. The number of hydrogen-bond acceptors (Lipinski definition) is 1. The Morgan fingerprint density at radius 2 is 1.78 bits per heavy atom. The first-order valence-corrected chi connectivity index (χ1v) is 7.71. The lowest BCUT2D eigenvalue weighted by Crippen LogP contribution is -1.93.